The van der Waals surface area contributed by atoms with Gasteiger partial charge in [-0.15, -0.1) is 0 Å². The van der Waals surface area contributed by atoms with Gasteiger partial charge in [0.1, 0.15) is 0 Å². The Labute approximate surface area is 103 Å². The summed E-state index contributed by atoms with van der Waals surface area (Å²) in [5, 5.41) is 15.7. The van der Waals surface area contributed by atoms with E-state index in [1.54, 1.807) is 0 Å². The van der Waals surface area contributed by atoms with Crippen molar-refractivity contribution in [2.45, 2.75) is 38.5 Å². The van der Waals surface area contributed by atoms with E-state index in [9.17, 15) is 9.90 Å². The molecule has 1 aliphatic heterocycles. The minimum atomic E-state index is -0.0359. The maximum atomic E-state index is 11.7. The molecule has 2 rings (SSSR count). The van der Waals surface area contributed by atoms with E-state index in [4.69, 9.17) is 0 Å². The summed E-state index contributed by atoms with van der Waals surface area (Å²) in [5.74, 6) is 0.668. The monoisotopic (exact) mass is 240 g/mol. The van der Waals surface area contributed by atoms with Crippen LogP contribution in [-0.2, 0) is 4.79 Å². The quantitative estimate of drug-likeness (QED) is 0.661. The van der Waals surface area contributed by atoms with Crippen molar-refractivity contribution in [1.82, 2.24) is 10.6 Å². The Hall–Kier alpha value is -0.610. The third kappa shape index (κ3) is 3.42. The van der Waals surface area contributed by atoms with Crippen molar-refractivity contribution in [1.29, 1.82) is 0 Å². The summed E-state index contributed by atoms with van der Waals surface area (Å²) in [5.41, 5.74) is -0.0359. The molecule has 1 aliphatic carbocycles. The zero-order chi connectivity index (χ0) is 12.1. The Balaban J connectivity index is 1.72. The fraction of sp³-hybridized carbons (Fsp3) is 0.923. The van der Waals surface area contributed by atoms with Gasteiger partial charge in [-0.3, -0.25) is 4.79 Å². The van der Waals surface area contributed by atoms with Crippen LogP contribution in [0, 0.1) is 11.3 Å². The fourth-order valence-corrected chi connectivity index (χ4v) is 2.81. The van der Waals surface area contributed by atoms with Crippen LogP contribution in [0.2, 0.25) is 0 Å². The summed E-state index contributed by atoms with van der Waals surface area (Å²) in [6, 6.07) is 0. The van der Waals surface area contributed by atoms with Crippen LogP contribution in [0.4, 0.5) is 0 Å². The highest BCUT2D eigenvalue weighted by Gasteiger charge is 2.32. The zero-order valence-corrected chi connectivity index (χ0v) is 10.5. The van der Waals surface area contributed by atoms with Gasteiger partial charge in [0.2, 0.25) is 5.91 Å². The number of hydrogen-bond acceptors (Lipinski definition) is 3. The number of carbonyl (C=O) groups excluding carboxylic acids is 1. The van der Waals surface area contributed by atoms with Gasteiger partial charge in [0, 0.05) is 18.4 Å². The molecule has 1 amide bonds. The van der Waals surface area contributed by atoms with E-state index in [1.807, 2.05) is 0 Å². The molecule has 0 unspecified atom stereocenters. The molecule has 3 N–H and O–H groups in total. The molecule has 1 heterocycles. The molecule has 4 nitrogen and oxygen atoms in total. The lowest BCUT2D eigenvalue weighted by atomic mass is 9.74. The average molecular weight is 240 g/mol. The van der Waals surface area contributed by atoms with Crippen molar-refractivity contribution in [3.63, 3.8) is 0 Å². The van der Waals surface area contributed by atoms with Gasteiger partial charge in [-0.1, -0.05) is 19.3 Å². The molecule has 0 spiro atoms. The molecule has 98 valence electrons. The summed E-state index contributed by atoms with van der Waals surface area (Å²) in [7, 11) is 0. The number of hydrogen-bond donors (Lipinski definition) is 3. The van der Waals surface area contributed by atoms with E-state index in [0.29, 0.717) is 18.9 Å². The smallest absolute Gasteiger partial charge is 0.220 e. The van der Waals surface area contributed by atoms with E-state index in [2.05, 4.69) is 10.6 Å². The van der Waals surface area contributed by atoms with Crippen LogP contribution in [0.25, 0.3) is 0 Å². The number of aliphatic hydroxyl groups excluding tert-OH is 1. The van der Waals surface area contributed by atoms with Crippen molar-refractivity contribution in [2.24, 2.45) is 11.3 Å². The van der Waals surface area contributed by atoms with E-state index in [0.717, 1.165) is 25.9 Å². The Bertz CT molecular complexity index is 258. The van der Waals surface area contributed by atoms with Crippen LogP contribution in [0.5, 0.6) is 0 Å². The molecular weight excluding hydrogens is 216 g/mol. The SMILES string of the molecule is O=C(CC1CNC1)NCC1(CO)CCCCC1. The normalized spacial score (nSPS) is 24.1. The Kier molecular flexibility index (Phi) is 4.40. The molecule has 0 aromatic carbocycles. The first-order valence-electron chi connectivity index (χ1n) is 6.82. The zero-order valence-electron chi connectivity index (χ0n) is 10.5. The first-order chi connectivity index (χ1) is 8.24. The second-order valence-corrected chi connectivity index (χ2v) is 5.72. The van der Waals surface area contributed by atoms with Crippen LogP contribution in [0.1, 0.15) is 38.5 Å². The standard InChI is InChI=1S/C13H24N2O2/c16-10-13(4-2-1-3-5-13)9-15-12(17)6-11-7-14-8-11/h11,14,16H,1-10H2,(H,15,17). The number of amides is 1. The van der Waals surface area contributed by atoms with E-state index in [-0.39, 0.29) is 17.9 Å². The third-order valence-electron chi connectivity index (χ3n) is 4.25. The van der Waals surface area contributed by atoms with Gasteiger partial charge in [0.05, 0.1) is 6.61 Å². The summed E-state index contributed by atoms with van der Waals surface area (Å²) in [6.45, 7) is 2.80. The molecule has 0 bridgehead atoms. The first-order valence-corrected chi connectivity index (χ1v) is 6.82. The third-order valence-corrected chi connectivity index (χ3v) is 4.25. The maximum Gasteiger partial charge on any atom is 0.220 e. The lowest BCUT2D eigenvalue weighted by molar-refractivity contribution is -0.123. The van der Waals surface area contributed by atoms with Crippen molar-refractivity contribution in [3.05, 3.63) is 0 Å². The lowest BCUT2D eigenvalue weighted by Crippen LogP contribution is -2.46. The van der Waals surface area contributed by atoms with Gasteiger partial charge in [-0.05, 0) is 31.8 Å². The summed E-state index contributed by atoms with van der Waals surface area (Å²) in [6.07, 6.45) is 6.37. The predicted molar refractivity (Wildman–Crippen MR) is 66.6 cm³/mol. The number of carbonyl (C=O) groups is 1. The minimum absolute atomic E-state index is 0.0359. The molecule has 0 aromatic rings. The Morgan fingerprint density at radius 3 is 2.53 bits per heavy atom. The molecular formula is C13H24N2O2. The topological polar surface area (TPSA) is 61.4 Å². The molecule has 4 heteroatoms. The predicted octanol–water partition coefficient (Wildman–Crippen LogP) is 0.655. The van der Waals surface area contributed by atoms with Gasteiger partial charge < -0.3 is 15.7 Å². The highest BCUT2D eigenvalue weighted by Crippen LogP contribution is 2.35. The number of aliphatic hydroxyl groups is 1. The van der Waals surface area contributed by atoms with Crippen LogP contribution < -0.4 is 10.6 Å². The second-order valence-electron chi connectivity index (χ2n) is 5.72. The molecule has 1 saturated heterocycles. The van der Waals surface area contributed by atoms with E-state index < -0.39 is 0 Å². The molecule has 0 radical (unpaired) electrons. The van der Waals surface area contributed by atoms with Crippen LogP contribution in [0.15, 0.2) is 0 Å². The molecule has 1 saturated carbocycles. The van der Waals surface area contributed by atoms with Crippen LogP contribution in [-0.4, -0.2) is 37.3 Å². The van der Waals surface area contributed by atoms with Crippen molar-refractivity contribution >= 4 is 5.91 Å². The maximum absolute atomic E-state index is 11.7. The first kappa shape index (κ1) is 12.8. The number of nitrogens with one attached hydrogen (secondary N) is 2. The van der Waals surface area contributed by atoms with Gasteiger partial charge >= 0.3 is 0 Å². The molecule has 17 heavy (non-hydrogen) atoms. The summed E-state index contributed by atoms with van der Waals surface area (Å²) in [4.78, 5) is 11.7. The lowest BCUT2D eigenvalue weighted by Gasteiger charge is -2.36. The number of rotatable bonds is 5. The van der Waals surface area contributed by atoms with Crippen molar-refractivity contribution in [2.75, 3.05) is 26.2 Å². The summed E-state index contributed by atoms with van der Waals surface area (Å²) < 4.78 is 0. The summed E-state index contributed by atoms with van der Waals surface area (Å²) >= 11 is 0. The fourth-order valence-electron chi connectivity index (χ4n) is 2.81. The van der Waals surface area contributed by atoms with E-state index >= 15 is 0 Å². The average Bonchev–Trinajstić information content (AvgIpc) is 2.32. The highest BCUT2D eigenvalue weighted by atomic mass is 16.3. The molecule has 2 aliphatic rings. The van der Waals surface area contributed by atoms with Crippen molar-refractivity contribution in [3.8, 4) is 0 Å². The Morgan fingerprint density at radius 2 is 2.00 bits per heavy atom. The van der Waals surface area contributed by atoms with Gasteiger partial charge in [0.25, 0.3) is 0 Å². The van der Waals surface area contributed by atoms with Crippen molar-refractivity contribution < 1.29 is 9.90 Å². The van der Waals surface area contributed by atoms with E-state index in [1.165, 1.54) is 19.3 Å². The van der Waals surface area contributed by atoms with Crippen LogP contribution in [0.3, 0.4) is 0 Å². The second kappa shape index (κ2) is 5.83. The highest BCUT2D eigenvalue weighted by molar-refractivity contribution is 5.76. The van der Waals surface area contributed by atoms with Gasteiger partial charge in [-0.2, -0.15) is 0 Å². The van der Waals surface area contributed by atoms with Gasteiger partial charge in [0.15, 0.2) is 0 Å². The molecule has 0 atom stereocenters. The minimum Gasteiger partial charge on any atom is -0.396 e. The Morgan fingerprint density at radius 1 is 1.29 bits per heavy atom. The largest absolute Gasteiger partial charge is 0.396 e. The molecule has 0 aromatic heterocycles. The van der Waals surface area contributed by atoms with Crippen LogP contribution >= 0.6 is 0 Å². The molecule has 2 fully saturated rings. The van der Waals surface area contributed by atoms with Gasteiger partial charge in [-0.25, -0.2) is 0 Å².